The fourth-order valence-corrected chi connectivity index (χ4v) is 2.65. The molecule has 0 bridgehead atoms. The smallest absolute Gasteiger partial charge is 0.122 e. The van der Waals surface area contributed by atoms with Crippen LogP contribution in [0, 0.1) is 5.92 Å². The molecule has 142 valence electrons. The first-order chi connectivity index (χ1) is 11.8. The van der Waals surface area contributed by atoms with Crippen LogP contribution in [0.3, 0.4) is 0 Å². The molecule has 0 aromatic heterocycles. The average molecular weight is 345 g/mol. The second-order valence-electron chi connectivity index (χ2n) is 7.74. The molecule has 0 radical (unpaired) electrons. The Bertz CT molecular complexity index is 484. The molecule has 25 heavy (non-hydrogen) atoms. The van der Waals surface area contributed by atoms with E-state index in [0.717, 1.165) is 44.8 Å². The molecule has 0 saturated carbocycles. The first-order valence-electron chi connectivity index (χ1n) is 9.90. The summed E-state index contributed by atoms with van der Waals surface area (Å²) in [7, 11) is 0. The molecule has 0 aromatic rings. The van der Waals surface area contributed by atoms with Gasteiger partial charge in [0.2, 0.25) is 0 Å². The Morgan fingerprint density at radius 2 is 1.08 bits per heavy atom. The number of carbonyl (C=O) groups excluding carboxylic acids is 1. The number of hydrogen-bond donors (Lipinski definition) is 0. The van der Waals surface area contributed by atoms with Crippen LogP contribution in [0.2, 0.25) is 0 Å². The molecule has 0 amide bonds. The van der Waals surface area contributed by atoms with E-state index in [-0.39, 0.29) is 5.92 Å². The summed E-state index contributed by atoms with van der Waals surface area (Å²) >= 11 is 0. The van der Waals surface area contributed by atoms with Crippen molar-refractivity contribution in [1.29, 1.82) is 0 Å². The minimum Gasteiger partial charge on any atom is -0.303 e. The SMILES string of the molecule is CC(C)=CCC/C(C)=C/CC/C(C)=C/CC/C(C)=C/CCC(C)C=O. The molecule has 1 nitrogen and oxygen atoms in total. The number of allylic oxidation sites excluding steroid dienone is 8. The van der Waals surface area contributed by atoms with Crippen molar-refractivity contribution >= 4 is 6.29 Å². The van der Waals surface area contributed by atoms with Crippen LogP contribution in [0.15, 0.2) is 46.6 Å². The van der Waals surface area contributed by atoms with Crippen molar-refractivity contribution in [2.24, 2.45) is 5.92 Å². The summed E-state index contributed by atoms with van der Waals surface area (Å²) in [5.74, 6) is 0.185. The first-order valence-corrected chi connectivity index (χ1v) is 9.90. The van der Waals surface area contributed by atoms with Gasteiger partial charge in [-0.25, -0.2) is 0 Å². The fourth-order valence-electron chi connectivity index (χ4n) is 2.65. The molecule has 0 aliphatic heterocycles. The Kier molecular flexibility index (Phi) is 14.1. The maximum atomic E-state index is 10.6. The highest BCUT2D eigenvalue weighted by Gasteiger charge is 1.97. The van der Waals surface area contributed by atoms with E-state index in [1.807, 2.05) is 6.92 Å². The molecular formula is C24H40O. The van der Waals surface area contributed by atoms with Crippen LogP contribution in [0.4, 0.5) is 0 Å². The van der Waals surface area contributed by atoms with Crippen molar-refractivity contribution in [3.05, 3.63) is 46.6 Å². The molecule has 1 unspecified atom stereocenters. The van der Waals surface area contributed by atoms with E-state index in [0.29, 0.717) is 0 Å². The topological polar surface area (TPSA) is 17.1 Å². The van der Waals surface area contributed by atoms with Crippen LogP contribution in [0.25, 0.3) is 0 Å². The number of carbonyl (C=O) groups is 1. The lowest BCUT2D eigenvalue weighted by Crippen LogP contribution is -1.93. The van der Waals surface area contributed by atoms with Crippen molar-refractivity contribution in [3.63, 3.8) is 0 Å². The Hall–Kier alpha value is -1.37. The lowest BCUT2D eigenvalue weighted by atomic mass is 10.0. The van der Waals surface area contributed by atoms with Crippen LogP contribution < -0.4 is 0 Å². The van der Waals surface area contributed by atoms with Gasteiger partial charge in [0, 0.05) is 5.92 Å². The summed E-state index contributed by atoms with van der Waals surface area (Å²) in [6, 6.07) is 0. The third-order valence-electron chi connectivity index (χ3n) is 4.50. The summed E-state index contributed by atoms with van der Waals surface area (Å²) in [6.07, 6.45) is 19.4. The van der Waals surface area contributed by atoms with Gasteiger partial charge >= 0.3 is 0 Å². The number of aldehydes is 1. The van der Waals surface area contributed by atoms with Gasteiger partial charge in [-0.15, -0.1) is 0 Å². The van der Waals surface area contributed by atoms with E-state index in [1.54, 1.807) is 0 Å². The quantitative estimate of drug-likeness (QED) is 0.246. The predicted octanol–water partition coefficient (Wildman–Crippen LogP) is 7.75. The minimum atomic E-state index is 0.185. The van der Waals surface area contributed by atoms with Crippen molar-refractivity contribution in [2.45, 2.75) is 92.9 Å². The highest BCUT2D eigenvalue weighted by molar-refractivity contribution is 5.52. The molecule has 0 fully saturated rings. The van der Waals surface area contributed by atoms with E-state index < -0.39 is 0 Å². The molecule has 0 spiro atoms. The third-order valence-corrected chi connectivity index (χ3v) is 4.50. The predicted molar refractivity (Wildman–Crippen MR) is 113 cm³/mol. The molecular weight excluding hydrogens is 304 g/mol. The molecule has 0 N–H and O–H groups in total. The summed E-state index contributed by atoms with van der Waals surface area (Å²) < 4.78 is 0. The van der Waals surface area contributed by atoms with Crippen LogP contribution in [-0.2, 0) is 4.79 Å². The van der Waals surface area contributed by atoms with E-state index in [4.69, 9.17) is 0 Å². The maximum absolute atomic E-state index is 10.6. The molecule has 0 aromatic carbocycles. The Morgan fingerprint density at radius 1 is 0.680 bits per heavy atom. The van der Waals surface area contributed by atoms with Gasteiger partial charge in [0.25, 0.3) is 0 Å². The standard InChI is InChI=1S/C24H40O/c1-20(2)11-7-12-21(3)13-8-14-22(4)15-9-16-23(5)17-10-18-24(6)19-25/h11,13,15,17,19,24H,7-10,12,14,16,18H2,1-6H3/b21-13+,22-15+,23-17+. The average Bonchev–Trinajstić information content (AvgIpc) is 2.54. The lowest BCUT2D eigenvalue weighted by Gasteiger charge is -2.03. The summed E-state index contributed by atoms with van der Waals surface area (Å²) in [5, 5.41) is 0. The van der Waals surface area contributed by atoms with Gasteiger partial charge in [0.1, 0.15) is 6.29 Å². The summed E-state index contributed by atoms with van der Waals surface area (Å²) in [5.41, 5.74) is 5.86. The van der Waals surface area contributed by atoms with Gasteiger partial charge < -0.3 is 4.79 Å². The largest absolute Gasteiger partial charge is 0.303 e. The second kappa shape index (κ2) is 14.9. The van der Waals surface area contributed by atoms with E-state index in [9.17, 15) is 4.79 Å². The third kappa shape index (κ3) is 15.9. The molecule has 1 heteroatoms. The number of hydrogen-bond acceptors (Lipinski definition) is 1. The monoisotopic (exact) mass is 344 g/mol. The highest BCUT2D eigenvalue weighted by Crippen LogP contribution is 2.14. The molecule has 0 saturated heterocycles. The van der Waals surface area contributed by atoms with Gasteiger partial charge in [0.05, 0.1) is 0 Å². The van der Waals surface area contributed by atoms with Crippen molar-refractivity contribution in [1.82, 2.24) is 0 Å². The Morgan fingerprint density at radius 3 is 1.48 bits per heavy atom. The van der Waals surface area contributed by atoms with Crippen LogP contribution in [0.1, 0.15) is 92.9 Å². The van der Waals surface area contributed by atoms with Crippen LogP contribution in [-0.4, -0.2) is 6.29 Å². The Labute approximate surface area is 157 Å². The van der Waals surface area contributed by atoms with Crippen LogP contribution in [0.5, 0.6) is 0 Å². The van der Waals surface area contributed by atoms with Gasteiger partial charge in [-0.3, -0.25) is 0 Å². The van der Waals surface area contributed by atoms with E-state index >= 15 is 0 Å². The molecule has 0 heterocycles. The normalized spacial score (nSPS) is 14.4. The van der Waals surface area contributed by atoms with Gasteiger partial charge in [-0.05, 0) is 86.0 Å². The molecule has 1 atom stereocenters. The second-order valence-corrected chi connectivity index (χ2v) is 7.74. The Balaban J connectivity index is 3.99. The van der Waals surface area contributed by atoms with Crippen LogP contribution >= 0.6 is 0 Å². The zero-order valence-corrected chi connectivity index (χ0v) is 17.5. The lowest BCUT2D eigenvalue weighted by molar-refractivity contribution is -0.110. The van der Waals surface area contributed by atoms with E-state index in [1.165, 1.54) is 35.1 Å². The maximum Gasteiger partial charge on any atom is 0.122 e. The summed E-state index contributed by atoms with van der Waals surface area (Å²) in [6.45, 7) is 13.0. The minimum absolute atomic E-state index is 0.185. The first kappa shape index (κ1) is 23.6. The van der Waals surface area contributed by atoms with Crippen molar-refractivity contribution < 1.29 is 4.79 Å². The van der Waals surface area contributed by atoms with Crippen molar-refractivity contribution in [2.75, 3.05) is 0 Å². The van der Waals surface area contributed by atoms with Gasteiger partial charge in [-0.1, -0.05) is 53.5 Å². The molecule has 0 aliphatic carbocycles. The number of rotatable bonds is 13. The zero-order valence-electron chi connectivity index (χ0n) is 17.5. The van der Waals surface area contributed by atoms with E-state index in [2.05, 4.69) is 58.9 Å². The zero-order chi connectivity index (χ0) is 19.1. The van der Waals surface area contributed by atoms with Gasteiger partial charge in [0.15, 0.2) is 0 Å². The van der Waals surface area contributed by atoms with Crippen molar-refractivity contribution in [3.8, 4) is 0 Å². The molecule has 0 aliphatic rings. The summed E-state index contributed by atoms with van der Waals surface area (Å²) in [4.78, 5) is 10.6. The fraction of sp³-hybridized carbons (Fsp3) is 0.625. The molecule has 0 rings (SSSR count). The van der Waals surface area contributed by atoms with Gasteiger partial charge in [-0.2, -0.15) is 0 Å². The highest BCUT2D eigenvalue weighted by atomic mass is 16.1.